The van der Waals surface area contributed by atoms with Gasteiger partial charge < -0.3 is 30.0 Å². The summed E-state index contributed by atoms with van der Waals surface area (Å²) in [5.41, 5.74) is 7.03. The van der Waals surface area contributed by atoms with Gasteiger partial charge in [-0.15, -0.1) is 0 Å². The van der Waals surface area contributed by atoms with E-state index >= 15 is 0 Å². The van der Waals surface area contributed by atoms with E-state index < -0.39 is 11.9 Å². The van der Waals surface area contributed by atoms with Crippen molar-refractivity contribution in [2.24, 2.45) is 9.98 Å². The average Bonchev–Trinajstić information content (AvgIpc) is 2.84. The number of nitrogens with zero attached hydrogens (tertiary/aromatic N) is 2. The quantitative estimate of drug-likeness (QED) is 0.426. The molecule has 0 heterocycles. The SMILES string of the molecule is CC(=O)[O-].CC(=O)[O-].CCc1cc(C)cc(C=Nc2ccc(N=Cc3cc(C)cc(CC)c3O)cc2)c1O.[Co+2]. The van der Waals surface area contributed by atoms with Crippen molar-refractivity contribution in [3.63, 3.8) is 0 Å². The van der Waals surface area contributed by atoms with Crippen molar-refractivity contribution in [3.05, 3.63) is 81.9 Å². The molecular weight excluding hydrogens is 543 g/mol. The number of hydrogen-bond donors (Lipinski definition) is 2. The van der Waals surface area contributed by atoms with E-state index in [0.717, 1.165) is 71.4 Å². The molecule has 0 unspecified atom stereocenters. The summed E-state index contributed by atoms with van der Waals surface area (Å²) in [7, 11) is 0. The van der Waals surface area contributed by atoms with E-state index in [2.05, 4.69) is 9.98 Å². The molecule has 0 amide bonds. The predicted molar refractivity (Wildman–Crippen MR) is 147 cm³/mol. The van der Waals surface area contributed by atoms with Crippen molar-refractivity contribution in [2.45, 2.75) is 54.4 Å². The maximum atomic E-state index is 10.4. The fourth-order valence-corrected chi connectivity index (χ4v) is 3.42. The summed E-state index contributed by atoms with van der Waals surface area (Å²) in [6.07, 6.45) is 4.93. The zero-order valence-electron chi connectivity index (χ0n) is 22.9. The second-order valence-corrected chi connectivity index (χ2v) is 8.45. The van der Waals surface area contributed by atoms with E-state index in [1.165, 1.54) is 0 Å². The molecule has 0 aliphatic rings. The summed E-state index contributed by atoms with van der Waals surface area (Å²) in [4.78, 5) is 26.7. The van der Waals surface area contributed by atoms with Crippen LogP contribution in [-0.4, -0.2) is 34.6 Å². The van der Waals surface area contributed by atoms with Crippen LogP contribution in [0.25, 0.3) is 0 Å². The number of carboxylic acids is 2. The molecule has 209 valence electrons. The molecule has 0 atom stereocenters. The van der Waals surface area contributed by atoms with Gasteiger partial charge in [0, 0.05) is 35.5 Å². The summed E-state index contributed by atoms with van der Waals surface area (Å²) in [5.74, 6) is -1.59. The Kier molecular flexibility index (Phi) is 15.8. The third-order valence-electron chi connectivity index (χ3n) is 5.04. The number of carbonyl (C=O) groups is 2. The van der Waals surface area contributed by atoms with Gasteiger partial charge in [0.15, 0.2) is 0 Å². The molecule has 0 spiro atoms. The fraction of sp³-hybridized carbons (Fsp3) is 0.267. The van der Waals surface area contributed by atoms with Crippen molar-refractivity contribution in [1.29, 1.82) is 0 Å². The van der Waals surface area contributed by atoms with Crippen LogP contribution in [0.15, 0.2) is 58.5 Å². The van der Waals surface area contributed by atoms with Crippen molar-refractivity contribution >= 4 is 35.7 Å². The second-order valence-electron chi connectivity index (χ2n) is 8.45. The monoisotopic (exact) mass is 577 g/mol. The number of benzene rings is 3. The molecule has 2 N–H and O–H groups in total. The molecule has 0 fully saturated rings. The number of aliphatic imine (C=N–C) groups is 2. The van der Waals surface area contributed by atoms with E-state index in [4.69, 9.17) is 19.8 Å². The molecule has 39 heavy (non-hydrogen) atoms. The van der Waals surface area contributed by atoms with Crippen molar-refractivity contribution in [1.82, 2.24) is 0 Å². The van der Waals surface area contributed by atoms with Crippen LogP contribution < -0.4 is 10.2 Å². The minimum absolute atomic E-state index is 0. The molecule has 8 nitrogen and oxygen atoms in total. The molecule has 0 bridgehead atoms. The van der Waals surface area contributed by atoms with E-state index in [9.17, 15) is 10.2 Å². The van der Waals surface area contributed by atoms with Crippen LogP contribution in [-0.2, 0) is 39.2 Å². The Morgan fingerprint density at radius 1 is 0.718 bits per heavy atom. The molecular formula is C30H34CoN2O6. The summed E-state index contributed by atoms with van der Waals surface area (Å²) in [6, 6.07) is 15.4. The van der Waals surface area contributed by atoms with Gasteiger partial charge in [-0.2, -0.15) is 0 Å². The van der Waals surface area contributed by atoms with Crippen LogP contribution in [0.1, 0.15) is 61.1 Å². The number of aliphatic carboxylic acids is 2. The Bertz CT molecular complexity index is 1190. The third kappa shape index (κ3) is 12.9. The molecule has 3 rings (SSSR count). The number of hydrogen-bond acceptors (Lipinski definition) is 8. The first-order valence-corrected chi connectivity index (χ1v) is 12.1. The van der Waals surface area contributed by atoms with Gasteiger partial charge in [-0.1, -0.05) is 26.0 Å². The largest absolute Gasteiger partial charge is 2.00 e. The van der Waals surface area contributed by atoms with Gasteiger partial charge in [0.1, 0.15) is 11.5 Å². The summed E-state index contributed by atoms with van der Waals surface area (Å²) in [6.45, 7) is 10.0. The van der Waals surface area contributed by atoms with Crippen LogP contribution in [0.3, 0.4) is 0 Å². The maximum absolute atomic E-state index is 10.4. The zero-order valence-corrected chi connectivity index (χ0v) is 24.0. The van der Waals surface area contributed by atoms with Gasteiger partial charge in [-0.05, 0) is 99.2 Å². The molecule has 3 aromatic carbocycles. The number of phenols is 2. The first-order valence-electron chi connectivity index (χ1n) is 12.1. The minimum Gasteiger partial charge on any atom is -0.550 e. The Morgan fingerprint density at radius 2 is 1.00 bits per heavy atom. The second kappa shape index (κ2) is 17.5. The van der Waals surface area contributed by atoms with Crippen LogP contribution in [0.5, 0.6) is 11.5 Å². The van der Waals surface area contributed by atoms with Crippen LogP contribution in [0, 0.1) is 13.8 Å². The summed E-state index contributed by atoms with van der Waals surface area (Å²) >= 11 is 0. The first kappa shape index (κ1) is 35.0. The topological polar surface area (TPSA) is 145 Å². The van der Waals surface area contributed by atoms with E-state index in [0.29, 0.717) is 0 Å². The van der Waals surface area contributed by atoms with E-state index in [1.54, 1.807) is 12.4 Å². The van der Waals surface area contributed by atoms with E-state index in [-0.39, 0.29) is 28.3 Å². The molecule has 0 aliphatic carbocycles. The number of rotatable bonds is 6. The van der Waals surface area contributed by atoms with Gasteiger partial charge in [0.05, 0.1) is 11.4 Å². The Balaban J connectivity index is 0.00000142. The number of aromatic hydroxyl groups is 2. The number of carboxylic acid groups (broad SMARTS) is 2. The number of aryl methyl sites for hydroxylation is 4. The Morgan fingerprint density at radius 3 is 1.26 bits per heavy atom. The average molecular weight is 578 g/mol. The van der Waals surface area contributed by atoms with Crippen LogP contribution >= 0.6 is 0 Å². The van der Waals surface area contributed by atoms with Gasteiger partial charge in [0.25, 0.3) is 0 Å². The van der Waals surface area contributed by atoms with Gasteiger partial charge in [-0.3, -0.25) is 9.98 Å². The first-order chi connectivity index (χ1) is 17.9. The Hall–Kier alpha value is -3.95. The van der Waals surface area contributed by atoms with E-state index in [1.807, 2.05) is 76.2 Å². The normalized spacial score (nSPS) is 10.2. The molecule has 9 heteroatoms. The minimum atomic E-state index is -1.08. The number of phenolic OH excluding ortho intramolecular Hbond substituents is 2. The summed E-state index contributed by atoms with van der Waals surface area (Å²) in [5, 5.41) is 38.5. The zero-order chi connectivity index (χ0) is 28.8. The molecule has 3 aromatic rings. The molecule has 0 aromatic heterocycles. The van der Waals surface area contributed by atoms with Crippen LogP contribution in [0.4, 0.5) is 11.4 Å². The van der Waals surface area contributed by atoms with Gasteiger partial charge >= 0.3 is 16.8 Å². The molecule has 0 aliphatic heterocycles. The summed E-state index contributed by atoms with van der Waals surface area (Å²) < 4.78 is 0. The predicted octanol–water partition coefficient (Wildman–Crippen LogP) is 3.85. The Labute approximate surface area is 240 Å². The van der Waals surface area contributed by atoms with Crippen LogP contribution in [0.2, 0.25) is 0 Å². The van der Waals surface area contributed by atoms with Crippen molar-refractivity contribution < 1.29 is 46.8 Å². The smallest absolute Gasteiger partial charge is 0.550 e. The molecule has 0 saturated carbocycles. The standard InChI is InChI=1S/C26H28N2O2.2C2H4O2.Co/c1-5-19-11-17(3)13-21(25(19)29)15-27-23-7-9-24(10-8-23)28-16-22-14-18(4)12-20(6-2)26(22)30;2*1-2(3)4;/h7-16,29-30H,5-6H2,1-4H3;2*1H3,(H,3,4);/q;;;+2/p-2. The van der Waals surface area contributed by atoms with Crippen molar-refractivity contribution in [3.8, 4) is 11.5 Å². The number of carbonyl (C=O) groups excluding carboxylic acids is 2. The molecule has 1 radical (unpaired) electrons. The third-order valence-corrected chi connectivity index (χ3v) is 5.04. The molecule has 0 saturated heterocycles. The van der Waals surface area contributed by atoms with Gasteiger partial charge in [-0.25, -0.2) is 0 Å². The maximum Gasteiger partial charge on any atom is 2.00 e. The van der Waals surface area contributed by atoms with Gasteiger partial charge in [0.2, 0.25) is 0 Å². The van der Waals surface area contributed by atoms with Crippen molar-refractivity contribution in [2.75, 3.05) is 0 Å². The fourth-order valence-electron chi connectivity index (χ4n) is 3.42.